The van der Waals surface area contributed by atoms with Gasteiger partial charge in [-0.25, -0.2) is 4.39 Å². The summed E-state index contributed by atoms with van der Waals surface area (Å²) in [5, 5.41) is 10.8. The molecule has 0 aliphatic carbocycles. The zero-order valence-electron chi connectivity index (χ0n) is 16.7. The number of non-ortho nitro benzene ring substituents is 1. The van der Waals surface area contributed by atoms with E-state index in [4.69, 9.17) is 4.18 Å². The second-order valence-corrected chi connectivity index (χ2v) is 8.17. The van der Waals surface area contributed by atoms with Crippen LogP contribution in [0.1, 0.15) is 15.9 Å². The number of rotatable bonds is 7. The van der Waals surface area contributed by atoms with Gasteiger partial charge in [0.05, 0.1) is 11.3 Å². The van der Waals surface area contributed by atoms with Crippen LogP contribution in [0.3, 0.4) is 0 Å². The molecule has 0 aliphatic rings. The van der Waals surface area contributed by atoms with E-state index in [1.807, 2.05) is 0 Å². The number of nitrogens with zero attached hydrogens (tertiary/aromatic N) is 1. The Hall–Kier alpha value is -4.32. The summed E-state index contributed by atoms with van der Waals surface area (Å²) < 4.78 is 42.5. The van der Waals surface area contributed by atoms with Gasteiger partial charge in [0, 0.05) is 17.7 Å². The van der Waals surface area contributed by atoms with E-state index in [-0.39, 0.29) is 17.7 Å². The molecule has 3 aromatic rings. The fourth-order valence-corrected chi connectivity index (χ4v) is 3.59. The minimum atomic E-state index is -4.34. The molecule has 2 amide bonds. The minimum Gasteiger partial charge on any atom is -0.379 e. The smallest absolute Gasteiger partial charge is 0.339 e. The van der Waals surface area contributed by atoms with Crippen LogP contribution in [-0.2, 0) is 21.3 Å². The standard InChI is InChI=1S/C21H16FN3O7S/c22-16-8-4-14(5-9-16)12-20(26)23-24-21(27)15-6-10-18(11-7-15)32-33(30,31)19-3-1-2-17(13-19)25(28)29/h1-11,13H,12H2,(H,23,26)(H,24,27). The molecule has 0 spiro atoms. The quantitative estimate of drug-likeness (QED) is 0.305. The molecule has 0 aromatic heterocycles. The summed E-state index contributed by atoms with van der Waals surface area (Å²) in [5.74, 6) is -1.76. The van der Waals surface area contributed by atoms with Gasteiger partial charge in [-0.2, -0.15) is 8.42 Å². The Bertz CT molecular complexity index is 1290. The number of nitrogens with one attached hydrogen (secondary N) is 2. The number of amides is 2. The monoisotopic (exact) mass is 473 g/mol. The van der Waals surface area contributed by atoms with Gasteiger partial charge in [-0.05, 0) is 48.0 Å². The predicted molar refractivity (Wildman–Crippen MR) is 113 cm³/mol. The maximum Gasteiger partial charge on any atom is 0.339 e. The molecule has 0 radical (unpaired) electrons. The Kier molecular flexibility index (Phi) is 6.98. The molecule has 0 heterocycles. The Morgan fingerprint density at radius 2 is 1.64 bits per heavy atom. The van der Waals surface area contributed by atoms with Gasteiger partial charge < -0.3 is 4.18 Å². The summed E-state index contributed by atoms with van der Waals surface area (Å²) in [7, 11) is -4.34. The second kappa shape index (κ2) is 9.87. The van der Waals surface area contributed by atoms with Gasteiger partial charge >= 0.3 is 10.1 Å². The summed E-state index contributed by atoms with van der Waals surface area (Å²) in [6.45, 7) is 0. The lowest BCUT2D eigenvalue weighted by molar-refractivity contribution is -0.385. The van der Waals surface area contributed by atoms with Crippen molar-refractivity contribution in [2.75, 3.05) is 0 Å². The van der Waals surface area contributed by atoms with Crippen molar-refractivity contribution >= 4 is 27.6 Å². The molecule has 170 valence electrons. The van der Waals surface area contributed by atoms with Crippen LogP contribution >= 0.6 is 0 Å². The van der Waals surface area contributed by atoms with Gasteiger partial charge in [0.25, 0.3) is 11.6 Å². The minimum absolute atomic E-state index is 0.0805. The van der Waals surface area contributed by atoms with Gasteiger partial charge in [-0.1, -0.05) is 18.2 Å². The van der Waals surface area contributed by atoms with Crippen LogP contribution in [-0.4, -0.2) is 25.2 Å². The Labute approximate surface area is 187 Å². The first-order chi connectivity index (χ1) is 15.6. The third kappa shape index (κ3) is 6.33. The molecule has 0 unspecified atom stereocenters. The van der Waals surface area contributed by atoms with Crippen LogP contribution in [0.2, 0.25) is 0 Å². The fourth-order valence-electron chi connectivity index (χ4n) is 2.62. The van der Waals surface area contributed by atoms with Gasteiger partial charge in [0.1, 0.15) is 16.5 Å². The largest absolute Gasteiger partial charge is 0.379 e. The molecule has 0 saturated heterocycles. The molecular weight excluding hydrogens is 457 g/mol. The normalized spacial score (nSPS) is 10.8. The number of hydrazine groups is 1. The third-order valence-electron chi connectivity index (χ3n) is 4.23. The molecule has 0 aliphatic heterocycles. The van der Waals surface area contributed by atoms with Gasteiger partial charge in [-0.15, -0.1) is 0 Å². The molecule has 33 heavy (non-hydrogen) atoms. The Balaban J connectivity index is 1.58. The Morgan fingerprint density at radius 3 is 2.27 bits per heavy atom. The van der Waals surface area contributed by atoms with Crippen LogP contribution < -0.4 is 15.0 Å². The zero-order chi connectivity index (χ0) is 24.0. The maximum atomic E-state index is 12.9. The summed E-state index contributed by atoms with van der Waals surface area (Å²) in [6, 6.07) is 14.6. The molecule has 10 nitrogen and oxygen atoms in total. The van der Waals surface area contributed by atoms with Gasteiger partial charge in [-0.3, -0.25) is 30.6 Å². The first-order valence-corrected chi connectivity index (χ1v) is 10.7. The van der Waals surface area contributed by atoms with E-state index in [2.05, 4.69) is 10.9 Å². The molecule has 0 atom stereocenters. The number of halogens is 1. The number of benzene rings is 3. The molecule has 0 saturated carbocycles. The second-order valence-electron chi connectivity index (χ2n) is 6.62. The molecule has 0 bridgehead atoms. The number of hydrogen-bond donors (Lipinski definition) is 2. The van der Waals surface area contributed by atoms with E-state index in [1.54, 1.807) is 0 Å². The van der Waals surface area contributed by atoms with Crippen molar-refractivity contribution in [1.82, 2.24) is 10.9 Å². The molecule has 12 heteroatoms. The van der Waals surface area contributed by atoms with Crippen LogP contribution in [0.15, 0.2) is 77.7 Å². The van der Waals surface area contributed by atoms with Gasteiger partial charge in [0.2, 0.25) is 5.91 Å². The fraction of sp³-hybridized carbons (Fsp3) is 0.0476. The summed E-state index contributed by atoms with van der Waals surface area (Å²) in [4.78, 5) is 33.8. The number of hydrogen-bond acceptors (Lipinski definition) is 7. The van der Waals surface area contributed by atoms with Crippen molar-refractivity contribution in [3.05, 3.63) is 99.9 Å². The first kappa shape index (κ1) is 23.3. The molecule has 3 rings (SSSR count). The lowest BCUT2D eigenvalue weighted by Gasteiger charge is -2.09. The number of nitro groups is 1. The van der Waals surface area contributed by atoms with Crippen molar-refractivity contribution in [3.63, 3.8) is 0 Å². The zero-order valence-corrected chi connectivity index (χ0v) is 17.5. The van der Waals surface area contributed by atoms with E-state index in [1.165, 1.54) is 54.6 Å². The first-order valence-electron chi connectivity index (χ1n) is 9.27. The lowest BCUT2D eigenvalue weighted by atomic mass is 10.1. The maximum absolute atomic E-state index is 12.9. The average molecular weight is 473 g/mol. The molecule has 0 fully saturated rings. The van der Waals surface area contributed by atoms with Crippen molar-refractivity contribution in [2.24, 2.45) is 0 Å². The van der Waals surface area contributed by atoms with Crippen molar-refractivity contribution in [1.29, 1.82) is 0 Å². The lowest BCUT2D eigenvalue weighted by Crippen LogP contribution is -2.42. The van der Waals surface area contributed by atoms with Crippen molar-refractivity contribution < 1.29 is 31.5 Å². The van der Waals surface area contributed by atoms with E-state index in [9.17, 15) is 32.5 Å². The van der Waals surface area contributed by atoms with E-state index in [0.717, 1.165) is 18.2 Å². The van der Waals surface area contributed by atoms with E-state index < -0.39 is 43.3 Å². The van der Waals surface area contributed by atoms with Crippen molar-refractivity contribution in [3.8, 4) is 5.75 Å². The predicted octanol–water partition coefficient (Wildman–Crippen LogP) is 2.51. The van der Waals surface area contributed by atoms with E-state index in [0.29, 0.717) is 5.56 Å². The topological polar surface area (TPSA) is 145 Å². The Morgan fingerprint density at radius 1 is 0.970 bits per heavy atom. The third-order valence-corrected chi connectivity index (χ3v) is 5.48. The van der Waals surface area contributed by atoms with Crippen molar-refractivity contribution in [2.45, 2.75) is 11.3 Å². The number of carbonyl (C=O) groups is 2. The number of nitro benzene ring substituents is 1. The highest BCUT2D eigenvalue weighted by Crippen LogP contribution is 2.22. The number of carbonyl (C=O) groups excluding carboxylic acids is 2. The molecule has 3 aromatic carbocycles. The highest BCUT2D eigenvalue weighted by Gasteiger charge is 2.20. The summed E-state index contributed by atoms with van der Waals surface area (Å²) >= 11 is 0. The summed E-state index contributed by atoms with van der Waals surface area (Å²) in [5.41, 5.74) is 4.66. The van der Waals surface area contributed by atoms with Crippen LogP contribution in [0.5, 0.6) is 5.75 Å². The highest BCUT2D eigenvalue weighted by atomic mass is 32.2. The van der Waals surface area contributed by atoms with Crippen LogP contribution in [0.4, 0.5) is 10.1 Å². The molecular formula is C21H16FN3O7S. The van der Waals surface area contributed by atoms with Crippen LogP contribution in [0.25, 0.3) is 0 Å². The average Bonchev–Trinajstić information content (AvgIpc) is 2.79. The summed E-state index contributed by atoms with van der Waals surface area (Å²) in [6.07, 6.45) is -0.0805. The molecule has 2 N–H and O–H groups in total. The van der Waals surface area contributed by atoms with E-state index >= 15 is 0 Å². The SMILES string of the molecule is O=C(Cc1ccc(F)cc1)NNC(=O)c1ccc(OS(=O)(=O)c2cccc([N+](=O)[O-])c2)cc1. The van der Waals surface area contributed by atoms with Gasteiger partial charge in [0.15, 0.2) is 0 Å². The highest BCUT2D eigenvalue weighted by molar-refractivity contribution is 7.87. The van der Waals surface area contributed by atoms with Crippen LogP contribution in [0, 0.1) is 15.9 Å².